The number of ether oxygens (including phenoxy) is 1. The highest BCUT2D eigenvalue weighted by Crippen LogP contribution is 2.33. The first-order valence-corrected chi connectivity index (χ1v) is 6.84. The molecule has 0 atom stereocenters. The Kier molecular flexibility index (Phi) is 3.75. The molecule has 2 aromatic rings. The maximum Gasteiger partial charge on any atom is 0.238 e. The van der Waals surface area contributed by atoms with Gasteiger partial charge in [0.05, 0.1) is 16.8 Å². The molecule has 0 aliphatic carbocycles. The minimum atomic E-state index is -0.323. The van der Waals surface area contributed by atoms with E-state index in [1.165, 1.54) is 11.8 Å². The summed E-state index contributed by atoms with van der Waals surface area (Å²) >= 11 is 1.53. The van der Waals surface area contributed by atoms with Crippen LogP contribution in [0.1, 0.15) is 26.5 Å². The predicted octanol–water partition coefficient (Wildman–Crippen LogP) is 3.89. The van der Waals surface area contributed by atoms with E-state index in [-0.39, 0.29) is 5.60 Å². The summed E-state index contributed by atoms with van der Waals surface area (Å²) in [5, 5.41) is 0.831. The maximum atomic E-state index is 5.88. The maximum absolute atomic E-state index is 5.88. The summed E-state index contributed by atoms with van der Waals surface area (Å²) in [6.45, 7) is 7.82. The van der Waals surface area contributed by atoms with Crippen LogP contribution in [0.4, 0.5) is 5.69 Å². The lowest BCUT2D eigenvalue weighted by Crippen LogP contribution is -2.24. The van der Waals surface area contributed by atoms with Crippen molar-refractivity contribution >= 4 is 17.4 Å². The summed E-state index contributed by atoms with van der Waals surface area (Å²) in [5.41, 5.74) is 6.11. The molecule has 2 rings (SSSR count). The molecule has 0 saturated carbocycles. The fourth-order valence-electron chi connectivity index (χ4n) is 1.45. The third-order valence-corrected chi connectivity index (χ3v) is 3.37. The Morgan fingerprint density at radius 3 is 2.58 bits per heavy atom. The van der Waals surface area contributed by atoms with Gasteiger partial charge in [-0.2, -0.15) is 0 Å². The number of nitrogens with zero attached hydrogens (tertiary/aromatic N) is 1. The van der Waals surface area contributed by atoms with Crippen LogP contribution >= 0.6 is 11.8 Å². The molecule has 2 aromatic heterocycles. The third kappa shape index (κ3) is 3.67. The SMILES string of the molecule is Cc1occc1Sc1ccc(N)c(OC(C)(C)C)n1. The molecular weight excluding hydrogens is 260 g/mol. The summed E-state index contributed by atoms with van der Waals surface area (Å²) in [7, 11) is 0. The molecule has 0 fully saturated rings. The van der Waals surface area contributed by atoms with E-state index in [1.54, 1.807) is 6.26 Å². The minimum absolute atomic E-state index is 0.323. The minimum Gasteiger partial charge on any atom is -0.470 e. The smallest absolute Gasteiger partial charge is 0.238 e. The first kappa shape index (κ1) is 13.8. The number of pyridine rings is 1. The van der Waals surface area contributed by atoms with E-state index in [0.29, 0.717) is 11.6 Å². The van der Waals surface area contributed by atoms with E-state index in [4.69, 9.17) is 14.9 Å². The Morgan fingerprint density at radius 2 is 2.00 bits per heavy atom. The third-order valence-electron chi connectivity index (χ3n) is 2.29. The summed E-state index contributed by atoms with van der Waals surface area (Å²) in [4.78, 5) is 5.49. The van der Waals surface area contributed by atoms with Crippen molar-refractivity contribution in [3.63, 3.8) is 0 Å². The molecule has 102 valence electrons. The lowest BCUT2D eigenvalue weighted by atomic mass is 10.2. The zero-order valence-electron chi connectivity index (χ0n) is 11.6. The van der Waals surface area contributed by atoms with Crippen molar-refractivity contribution in [2.45, 2.75) is 43.2 Å². The van der Waals surface area contributed by atoms with Crippen molar-refractivity contribution in [1.29, 1.82) is 0 Å². The van der Waals surface area contributed by atoms with Gasteiger partial charge in [0.2, 0.25) is 5.88 Å². The lowest BCUT2D eigenvalue weighted by Gasteiger charge is -2.21. The first-order chi connectivity index (χ1) is 8.85. The molecule has 0 spiro atoms. The van der Waals surface area contributed by atoms with E-state index in [9.17, 15) is 0 Å². The zero-order chi connectivity index (χ0) is 14.0. The van der Waals surface area contributed by atoms with Crippen molar-refractivity contribution in [2.75, 3.05) is 5.73 Å². The van der Waals surface area contributed by atoms with Crippen LogP contribution in [0.15, 0.2) is 38.8 Å². The Balaban J connectivity index is 2.24. The number of hydrogen-bond donors (Lipinski definition) is 1. The zero-order valence-corrected chi connectivity index (χ0v) is 12.4. The Labute approximate surface area is 117 Å². The normalized spacial score (nSPS) is 11.6. The highest BCUT2D eigenvalue weighted by atomic mass is 32.2. The van der Waals surface area contributed by atoms with Crippen LogP contribution in [0.25, 0.3) is 0 Å². The van der Waals surface area contributed by atoms with Crippen molar-refractivity contribution in [3.8, 4) is 5.88 Å². The van der Waals surface area contributed by atoms with Gasteiger partial charge in [-0.25, -0.2) is 4.98 Å². The fourth-order valence-corrected chi connectivity index (χ4v) is 2.26. The van der Waals surface area contributed by atoms with Gasteiger partial charge in [-0.15, -0.1) is 0 Å². The Morgan fingerprint density at radius 1 is 1.26 bits per heavy atom. The van der Waals surface area contributed by atoms with E-state index in [0.717, 1.165) is 15.7 Å². The number of nitrogens with two attached hydrogens (primary N) is 1. The second-order valence-corrected chi connectivity index (χ2v) is 6.26. The Bertz CT molecular complexity index is 573. The van der Waals surface area contributed by atoms with Gasteiger partial charge >= 0.3 is 0 Å². The van der Waals surface area contributed by atoms with Crippen LogP contribution in [-0.2, 0) is 0 Å². The highest BCUT2D eigenvalue weighted by Gasteiger charge is 2.16. The van der Waals surface area contributed by atoms with Gasteiger partial charge in [0.25, 0.3) is 0 Å². The standard InChI is InChI=1S/C14H18N2O2S/c1-9-11(7-8-17-9)19-12-6-5-10(15)13(16-12)18-14(2,3)4/h5-8H,15H2,1-4H3. The quantitative estimate of drug-likeness (QED) is 0.922. The average Bonchev–Trinajstić information content (AvgIpc) is 2.67. The molecule has 0 saturated heterocycles. The number of anilines is 1. The lowest BCUT2D eigenvalue weighted by molar-refractivity contribution is 0.124. The number of hydrogen-bond acceptors (Lipinski definition) is 5. The molecule has 0 aliphatic heterocycles. The number of nitrogen functional groups attached to an aromatic ring is 1. The number of furan rings is 1. The predicted molar refractivity (Wildman–Crippen MR) is 76.6 cm³/mol. The fraction of sp³-hybridized carbons (Fsp3) is 0.357. The summed E-state index contributed by atoms with van der Waals surface area (Å²) < 4.78 is 11.0. The van der Waals surface area contributed by atoms with E-state index in [2.05, 4.69) is 4.98 Å². The number of rotatable bonds is 3. The average molecular weight is 278 g/mol. The van der Waals surface area contributed by atoms with E-state index < -0.39 is 0 Å². The molecule has 2 N–H and O–H groups in total. The van der Waals surface area contributed by atoms with Crippen molar-refractivity contribution < 1.29 is 9.15 Å². The topological polar surface area (TPSA) is 61.3 Å². The molecule has 19 heavy (non-hydrogen) atoms. The number of aryl methyl sites for hydroxylation is 1. The monoisotopic (exact) mass is 278 g/mol. The molecule has 0 aromatic carbocycles. The van der Waals surface area contributed by atoms with Crippen molar-refractivity contribution in [1.82, 2.24) is 4.98 Å². The van der Waals surface area contributed by atoms with Gasteiger partial charge in [-0.1, -0.05) is 11.8 Å². The second-order valence-electron chi connectivity index (χ2n) is 5.20. The molecule has 0 amide bonds. The van der Waals surface area contributed by atoms with Crippen LogP contribution in [0.3, 0.4) is 0 Å². The van der Waals surface area contributed by atoms with Gasteiger partial charge in [-0.05, 0) is 45.9 Å². The Hall–Kier alpha value is -1.62. The summed E-state index contributed by atoms with van der Waals surface area (Å²) in [6, 6.07) is 5.61. The molecule has 0 unspecified atom stereocenters. The molecule has 0 bridgehead atoms. The van der Waals surface area contributed by atoms with Crippen LogP contribution in [0.5, 0.6) is 5.88 Å². The molecule has 4 nitrogen and oxygen atoms in total. The molecule has 2 heterocycles. The summed E-state index contributed by atoms with van der Waals surface area (Å²) in [6.07, 6.45) is 1.67. The van der Waals surface area contributed by atoms with Crippen LogP contribution < -0.4 is 10.5 Å². The largest absolute Gasteiger partial charge is 0.470 e. The van der Waals surface area contributed by atoms with Gasteiger partial charge in [0.1, 0.15) is 16.4 Å². The summed E-state index contributed by atoms with van der Waals surface area (Å²) in [5.74, 6) is 1.35. The van der Waals surface area contributed by atoms with Gasteiger partial charge in [-0.3, -0.25) is 0 Å². The molecule has 0 radical (unpaired) electrons. The molecular formula is C14H18N2O2S. The van der Waals surface area contributed by atoms with Crippen molar-refractivity contribution in [2.24, 2.45) is 0 Å². The first-order valence-electron chi connectivity index (χ1n) is 6.02. The highest BCUT2D eigenvalue weighted by molar-refractivity contribution is 7.99. The van der Waals surface area contributed by atoms with Gasteiger partial charge < -0.3 is 14.9 Å². The van der Waals surface area contributed by atoms with Crippen LogP contribution in [0.2, 0.25) is 0 Å². The molecule has 5 heteroatoms. The van der Waals surface area contributed by atoms with Crippen LogP contribution in [-0.4, -0.2) is 10.6 Å². The van der Waals surface area contributed by atoms with E-state index >= 15 is 0 Å². The molecule has 0 aliphatic rings. The van der Waals surface area contributed by atoms with Gasteiger partial charge in [0, 0.05) is 0 Å². The van der Waals surface area contributed by atoms with Crippen LogP contribution in [0, 0.1) is 6.92 Å². The van der Waals surface area contributed by atoms with E-state index in [1.807, 2.05) is 45.9 Å². The van der Waals surface area contributed by atoms with Gasteiger partial charge in [0.15, 0.2) is 0 Å². The number of aromatic nitrogens is 1. The second kappa shape index (κ2) is 5.17. The van der Waals surface area contributed by atoms with Crippen molar-refractivity contribution in [3.05, 3.63) is 30.2 Å².